The molecule has 0 aliphatic heterocycles. The summed E-state index contributed by atoms with van der Waals surface area (Å²) in [5.41, 5.74) is 7.94. The van der Waals surface area contributed by atoms with Gasteiger partial charge in [-0.25, -0.2) is 4.98 Å². The number of aryl methyl sites for hydroxylation is 3. The van der Waals surface area contributed by atoms with Crippen molar-refractivity contribution in [3.8, 4) is 11.3 Å². The third-order valence-corrected chi connectivity index (χ3v) is 5.13. The number of rotatable bonds is 3. The molecule has 1 N–H and O–H groups in total. The summed E-state index contributed by atoms with van der Waals surface area (Å²) < 4.78 is 2.05. The Labute approximate surface area is 143 Å². The Morgan fingerprint density at radius 1 is 1.12 bits per heavy atom. The minimum absolute atomic E-state index is 0.507. The van der Waals surface area contributed by atoms with Crippen molar-refractivity contribution in [2.75, 3.05) is 0 Å². The molecule has 0 amide bonds. The summed E-state index contributed by atoms with van der Waals surface area (Å²) in [6, 6.07) is 10.8. The molecule has 0 bridgehead atoms. The molecule has 124 valence electrons. The highest BCUT2D eigenvalue weighted by molar-refractivity contribution is 5.68. The number of hydrogen-bond acceptors (Lipinski definition) is 2. The van der Waals surface area contributed by atoms with E-state index in [0.717, 1.165) is 29.0 Å². The summed E-state index contributed by atoms with van der Waals surface area (Å²) in [6.07, 6.45) is 7.14. The fraction of sp³-hybridized carbons (Fsp3) is 0.381. The zero-order valence-electron chi connectivity index (χ0n) is 14.4. The second kappa shape index (κ2) is 6.06. The zero-order chi connectivity index (χ0) is 16.7. The maximum atomic E-state index is 10.6. The van der Waals surface area contributed by atoms with Crippen LogP contribution in [0, 0.1) is 6.92 Å². The van der Waals surface area contributed by atoms with Gasteiger partial charge in [0.2, 0.25) is 0 Å². The van der Waals surface area contributed by atoms with Gasteiger partial charge in [0.1, 0.15) is 5.65 Å². The van der Waals surface area contributed by atoms with Gasteiger partial charge in [-0.05, 0) is 67.9 Å². The first-order chi connectivity index (χ1) is 11.7. The third kappa shape index (κ3) is 2.53. The van der Waals surface area contributed by atoms with Crippen molar-refractivity contribution < 1.29 is 5.11 Å². The molecule has 3 nitrogen and oxygen atoms in total. The number of fused-ring (bicyclic) bond motifs is 2. The molecule has 1 atom stereocenters. The predicted octanol–water partition coefficient (Wildman–Crippen LogP) is 4.63. The van der Waals surface area contributed by atoms with Crippen LogP contribution in [0.2, 0.25) is 0 Å². The van der Waals surface area contributed by atoms with Crippen LogP contribution in [0.25, 0.3) is 16.9 Å². The van der Waals surface area contributed by atoms with Gasteiger partial charge in [-0.15, -0.1) is 0 Å². The van der Waals surface area contributed by atoms with E-state index in [4.69, 9.17) is 4.98 Å². The lowest BCUT2D eigenvalue weighted by molar-refractivity contribution is 0.168. The van der Waals surface area contributed by atoms with Crippen LogP contribution >= 0.6 is 0 Å². The molecule has 0 radical (unpaired) electrons. The summed E-state index contributed by atoms with van der Waals surface area (Å²) in [5, 5.41) is 10.6. The topological polar surface area (TPSA) is 37.5 Å². The van der Waals surface area contributed by atoms with E-state index in [1.807, 2.05) is 13.0 Å². The van der Waals surface area contributed by atoms with Gasteiger partial charge in [0.25, 0.3) is 0 Å². The number of nitrogens with zero attached hydrogens (tertiary/aromatic N) is 2. The zero-order valence-corrected chi connectivity index (χ0v) is 14.4. The molecule has 1 aliphatic rings. The van der Waals surface area contributed by atoms with Gasteiger partial charge in [0.05, 0.1) is 17.5 Å². The molecule has 4 rings (SSSR count). The third-order valence-electron chi connectivity index (χ3n) is 5.13. The van der Waals surface area contributed by atoms with Gasteiger partial charge in [-0.1, -0.05) is 25.1 Å². The van der Waals surface area contributed by atoms with Gasteiger partial charge in [-0.2, -0.15) is 0 Å². The van der Waals surface area contributed by atoms with Crippen LogP contribution in [-0.4, -0.2) is 14.5 Å². The molecule has 3 heteroatoms. The van der Waals surface area contributed by atoms with Crippen molar-refractivity contribution >= 4 is 5.65 Å². The van der Waals surface area contributed by atoms with Gasteiger partial charge >= 0.3 is 0 Å². The summed E-state index contributed by atoms with van der Waals surface area (Å²) in [4.78, 5) is 4.84. The number of imidazole rings is 1. The smallest absolute Gasteiger partial charge is 0.137 e. The molecule has 2 aromatic heterocycles. The lowest BCUT2D eigenvalue weighted by atomic mass is 9.89. The lowest BCUT2D eigenvalue weighted by Crippen LogP contribution is -2.04. The van der Waals surface area contributed by atoms with E-state index in [-0.39, 0.29) is 0 Å². The monoisotopic (exact) mass is 320 g/mol. The summed E-state index contributed by atoms with van der Waals surface area (Å²) in [6.45, 7) is 4.08. The molecule has 3 aromatic rings. The van der Waals surface area contributed by atoms with Crippen LogP contribution in [0.3, 0.4) is 0 Å². The Morgan fingerprint density at radius 2 is 1.92 bits per heavy atom. The number of benzene rings is 1. The van der Waals surface area contributed by atoms with E-state index >= 15 is 0 Å². The fourth-order valence-electron chi connectivity index (χ4n) is 3.77. The van der Waals surface area contributed by atoms with Gasteiger partial charge < -0.3 is 9.51 Å². The molecule has 0 spiro atoms. The second-order valence-corrected chi connectivity index (χ2v) is 6.89. The van der Waals surface area contributed by atoms with E-state index < -0.39 is 6.10 Å². The minimum atomic E-state index is -0.507. The fourth-order valence-corrected chi connectivity index (χ4v) is 3.77. The van der Waals surface area contributed by atoms with Crippen molar-refractivity contribution in [3.63, 3.8) is 0 Å². The maximum Gasteiger partial charge on any atom is 0.137 e. The number of aromatic nitrogens is 2. The molecule has 1 aliphatic carbocycles. The lowest BCUT2D eigenvalue weighted by Gasteiger charge is -2.17. The number of pyridine rings is 1. The Bertz CT molecular complexity index is 894. The first-order valence-electron chi connectivity index (χ1n) is 8.96. The molecule has 2 heterocycles. The van der Waals surface area contributed by atoms with Crippen LogP contribution in [0.4, 0.5) is 0 Å². The molecule has 0 saturated carbocycles. The number of aliphatic hydroxyl groups is 1. The summed E-state index contributed by atoms with van der Waals surface area (Å²) >= 11 is 0. The van der Waals surface area contributed by atoms with E-state index in [1.54, 1.807) is 0 Å². The maximum absolute atomic E-state index is 10.6. The van der Waals surface area contributed by atoms with Crippen LogP contribution in [0.15, 0.2) is 36.5 Å². The van der Waals surface area contributed by atoms with Crippen LogP contribution < -0.4 is 0 Å². The van der Waals surface area contributed by atoms with Crippen LogP contribution in [0.1, 0.15) is 54.7 Å². The van der Waals surface area contributed by atoms with E-state index in [1.165, 1.54) is 36.0 Å². The Kier molecular flexibility index (Phi) is 3.89. The first-order valence-corrected chi connectivity index (χ1v) is 8.96. The van der Waals surface area contributed by atoms with E-state index in [0.29, 0.717) is 6.42 Å². The molecule has 1 unspecified atom stereocenters. The van der Waals surface area contributed by atoms with E-state index in [9.17, 15) is 5.11 Å². The standard InChI is InChI=1S/C21H24N2O/c1-3-18(24)21-20(22-19-11-8-14(2)13-23(19)21)17-10-9-15-6-4-5-7-16(15)12-17/h8-13,18,24H,3-7H2,1-2H3. The van der Waals surface area contributed by atoms with Gasteiger partial charge in [0, 0.05) is 11.8 Å². The SMILES string of the molecule is CCC(O)c1c(-c2ccc3c(c2)CCCC3)nc2ccc(C)cn12. The Hall–Kier alpha value is -2.13. The number of aliphatic hydroxyl groups excluding tert-OH is 1. The Morgan fingerprint density at radius 3 is 2.71 bits per heavy atom. The normalized spacial score (nSPS) is 15.5. The molecular weight excluding hydrogens is 296 g/mol. The number of hydrogen-bond donors (Lipinski definition) is 1. The van der Waals surface area contributed by atoms with Crippen molar-refractivity contribution in [1.29, 1.82) is 0 Å². The quantitative estimate of drug-likeness (QED) is 0.764. The molecule has 24 heavy (non-hydrogen) atoms. The first kappa shape index (κ1) is 15.4. The summed E-state index contributed by atoms with van der Waals surface area (Å²) in [5.74, 6) is 0. The van der Waals surface area contributed by atoms with Crippen molar-refractivity contribution in [3.05, 3.63) is 58.9 Å². The second-order valence-electron chi connectivity index (χ2n) is 6.89. The van der Waals surface area contributed by atoms with Gasteiger partial charge in [-0.3, -0.25) is 0 Å². The molecular formula is C21H24N2O. The van der Waals surface area contributed by atoms with Crippen molar-refractivity contribution in [1.82, 2.24) is 9.38 Å². The molecule has 0 saturated heterocycles. The van der Waals surface area contributed by atoms with E-state index in [2.05, 4.69) is 41.8 Å². The average Bonchev–Trinajstić information content (AvgIpc) is 2.99. The van der Waals surface area contributed by atoms with Gasteiger partial charge in [0.15, 0.2) is 0 Å². The van der Waals surface area contributed by atoms with Crippen molar-refractivity contribution in [2.24, 2.45) is 0 Å². The predicted molar refractivity (Wildman–Crippen MR) is 97.3 cm³/mol. The average molecular weight is 320 g/mol. The molecule has 0 fully saturated rings. The van der Waals surface area contributed by atoms with Crippen LogP contribution in [-0.2, 0) is 12.8 Å². The largest absolute Gasteiger partial charge is 0.387 e. The van der Waals surface area contributed by atoms with Crippen LogP contribution in [0.5, 0.6) is 0 Å². The highest BCUT2D eigenvalue weighted by atomic mass is 16.3. The van der Waals surface area contributed by atoms with Crippen molar-refractivity contribution in [2.45, 2.75) is 52.1 Å². The molecule has 1 aromatic carbocycles. The minimum Gasteiger partial charge on any atom is -0.387 e. The summed E-state index contributed by atoms with van der Waals surface area (Å²) in [7, 11) is 0. The Balaban J connectivity index is 1.92. The highest BCUT2D eigenvalue weighted by Crippen LogP contribution is 2.33. The highest BCUT2D eigenvalue weighted by Gasteiger charge is 2.21.